The van der Waals surface area contributed by atoms with Crippen LogP contribution in [0.3, 0.4) is 0 Å². The number of hydrogen-bond donors (Lipinski definition) is 2. The van der Waals surface area contributed by atoms with Gasteiger partial charge in [0.05, 0.1) is 31.1 Å². The molecule has 0 aliphatic carbocycles. The van der Waals surface area contributed by atoms with E-state index in [-0.39, 0.29) is 5.11 Å². The molecule has 2 rings (SSSR count). The third-order valence-electron chi connectivity index (χ3n) is 2.99. The number of anilines is 1. The first kappa shape index (κ1) is 19.6. The molecule has 0 radical (unpaired) electrons. The summed E-state index contributed by atoms with van der Waals surface area (Å²) in [6, 6.07) is 8.39. The molecule has 9 heteroatoms. The van der Waals surface area contributed by atoms with Gasteiger partial charge >= 0.3 is 0 Å². The van der Waals surface area contributed by atoms with Crippen molar-refractivity contribution in [3.05, 3.63) is 51.0 Å². The second kappa shape index (κ2) is 9.10. The van der Waals surface area contributed by atoms with E-state index < -0.39 is 0 Å². The minimum atomic E-state index is 0.257. The van der Waals surface area contributed by atoms with Gasteiger partial charge in [0.25, 0.3) is 0 Å². The van der Waals surface area contributed by atoms with Crippen LogP contribution < -0.4 is 20.2 Å². The number of benzene rings is 2. The van der Waals surface area contributed by atoms with Gasteiger partial charge in [-0.1, -0.05) is 34.8 Å². The van der Waals surface area contributed by atoms with E-state index in [1.54, 1.807) is 36.5 Å². The van der Waals surface area contributed by atoms with Gasteiger partial charge in [0.15, 0.2) is 5.11 Å². The fourth-order valence-corrected chi connectivity index (χ4v) is 2.86. The van der Waals surface area contributed by atoms with E-state index in [2.05, 4.69) is 15.8 Å². The highest BCUT2D eigenvalue weighted by atomic mass is 35.5. The quantitative estimate of drug-likeness (QED) is 0.407. The standard InChI is InChI=1S/C16H14Cl3N3O2S/c1-23-14-7-13(15(24-2)6-12(14)19)21-16(25)22-20-8-9-3-10(17)5-11(18)4-9/h3-8H,1-2H3,(H2,21,22,25)/b20-8+. The van der Waals surface area contributed by atoms with E-state index in [1.165, 1.54) is 14.2 Å². The van der Waals surface area contributed by atoms with Crippen molar-refractivity contribution in [1.29, 1.82) is 0 Å². The van der Waals surface area contributed by atoms with Crippen LogP contribution in [-0.2, 0) is 0 Å². The largest absolute Gasteiger partial charge is 0.495 e. The van der Waals surface area contributed by atoms with Crippen molar-refractivity contribution in [3.63, 3.8) is 0 Å². The SMILES string of the molecule is COc1cc(NC(=S)N/N=C/c2cc(Cl)cc(Cl)c2)c(OC)cc1Cl. The molecule has 0 spiro atoms. The first-order valence-corrected chi connectivity index (χ1v) is 8.45. The topological polar surface area (TPSA) is 54.9 Å². The third-order valence-corrected chi connectivity index (χ3v) is 3.91. The Balaban J connectivity index is 2.06. The predicted molar refractivity (Wildman–Crippen MR) is 108 cm³/mol. The van der Waals surface area contributed by atoms with Gasteiger partial charge in [-0.2, -0.15) is 5.10 Å². The zero-order valence-electron chi connectivity index (χ0n) is 13.3. The second-order valence-corrected chi connectivity index (χ2v) is 6.40. The molecule has 2 aromatic carbocycles. The van der Waals surface area contributed by atoms with E-state index in [0.717, 1.165) is 5.56 Å². The van der Waals surface area contributed by atoms with Gasteiger partial charge < -0.3 is 14.8 Å². The molecule has 2 aromatic rings. The Labute approximate surface area is 165 Å². The minimum Gasteiger partial charge on any atom is -0.495 e. The summed E-state index contributed by atoms with van der Waals surface area (Å²) >= 11 is 23.1. The van der Waals surface area contributed by atoms with E-state index in [0.29, 0.717) is 32.3 Å². The lowest BCUT2D eigenvalue weighted by atomic mass is 10.2. The minimum absolute atomic E-state index is 0.257. The van der Waals surface area contributed by atoms with Crippen molar-refractivity contribution < 1.29 is 9.47 Å². The molecular weight excluding hydrogens is 405 g/mol. The Hall–Kier alpha value is -1.73. The fraction of sp³-hybridized carbons (Fsp3) is 0.125. The number of thiocarbonyl (C=S) groups is 1. The van der Waals surface area contributed by atoms with Crippen LogP contribution in [0.2, 0.25) is 15.1 Å². The molecule has 2 N–H and O–H groups in total. The lowest BCUT2D eigenvalue weighted by Gasteiger charge is -2.14. The summed E-state index contributed by atoms with van der Waals surface area (Å²) in [5, 5.41) is 8.73. The van der Waals surface area contributed by atoms with Crippen LogP contribution in [0.4, 0.5) is 5.69 Å². The number of ether oxygens (including phenoxy) is 2. The summed E-state index contributed by atoms with van der Waals surface area (Å²) in [6.45, 7) is 0. The average molecular weight is 419 g/mol. The molecule has 0 aliphatic rings. The Morgan fingerprint density at radius 3 is 2.24 bits per heavy atom. The van der Waals surface area contributed by atoms with Gasteiger partial charge in [0.2, 0.25) is 0 Å². The van der Waals surface area contributed by atoms with E-state index in [4.69, 9.17) is 56.5 Å². The molecule has 0 amide bonds. The van der Waals surface area contributed by atoms with Crippen LogP contribution in [0.5, 0.6) is 11.5 Å². The van der Waals surface area contributed by atoms with Gasteiger partial charge in [-0.25, -0.2) is 0 Å². The number of hydrazone groups is 1. The van der Waals surface area contributed by atoms with Crippen molar-refractivity contribution >= 4 is 64.0 Å². The summed E-state index contributed by atoms with van der Waals surface area (Å²) in [5.41, 5.74) is 4.02. The maximum absolute atomic E-state index is 6.07. The molecule has 5 nitrogen and oxygen atoms in total. The van der Waals surface area contributed by atoms with Crippen LogP contribution in [-0.4, -0.2) is 25.5 Å². The number of nitrogens with zero attached hydrogens (tertiary/aromatic N) is 1. The molecular formula is C16H14Cl3N3O2S. The molecule has 132 valence electrons. The van der Waals surface area contributed by atoms with E-state index in [9.17, 15) is 0 Å². The van der Waals surface area contributed by atoms with Gasteiger partial charge in [-0.15, -0.1) is 0 Å². The van der Waals surface area contributed by atoms with Crippen molar-refractivity contribution in [2.24, 2.45) is 5.10 Å². The fourth-order valence-electron chi connectivity index (χ4n) is 1.92. The first-order chi connectivity index (χ1) is 11.9. The highest BCUT2D eigenvalue weighted by Gasteiger charge is 2.10. The lowest BCUT2D eigenvalue weighted by molar-refractivity contribution is 0.405. The second-order valence-electron chi connectivity index (χ2n) is 4.71. The summed E-state index contributed by atoms with van der Waals surface area (Å²) in [4.78, 5) is 0. The molecule has 0 saturated carbocycles. The smallest absolute Gasteiger partial charge is 0.191 e. The normalized spacial score (nSPS) is 10.6. The van der Waals surface area contributed by atoms with E-state index >= 15 is 0 Å². The molecule has 0 aromatic heterocycles. The molecule has 0 unspecified atom stereocenters. The molecule has 0 heterocycles. The molecule has 0 saturated heterocycles. The zero-order valence-corrected chi connectivity index (χ0v) is 16.4. The summed E-state index contributed by atoms with van der Waals surface area (Å²) in [5.74, 6) is 1.00. The molecule has 25 heavy (non-hydrogen) atoms. The number of rotatable bonds is 5. The van der Waals surface area contributed by atoms with E-state index in [1.807, 2.05) is 0 Å². The van der Waals surface area contributed by atoms with Gasteiger partial charge in [-0.3, -0.25) is 5.43 Å². The van der Waals surface area contributed by atoms with Crippen LogP contribution >= 0.6 is 47.0 Å². The monoisotopic (exact) mass is 417 g/mol. The van der Waals surface area contributed by atoms with Gasteiger partial charge in [0.1, 0.15) is 11.5 Å². The number of methoxy groups -OCH3 is 2. The van der Waals surface area contributed by atoms with Crippen LogP contribution in [0.25, 0.3) is 0 Å². The number of hydrogen-bond acceptors (Lipinski definition) is 4. The number of nitrogens with one attached hydrogen (secondary N) is 2. The van der Waals surface area contributed by atoms with Crippen molar-refractivity contribution in [3.8, 4) is 11.5 Å². The van der Waals surface area contributed by atoms with Crippen LogP contribution in [0, 0.1) is 0 Å². The Morgan fingerprint density at radius 1 is 1.00 bits per heavy atom. The Bertz CT molecular complexity index is 795. The van der Waals surface area contributed by atoms with Crippen LogP contribution in [0.15, 0.2) is 35.4 Å². The zero-order chi connectivity index (χ0) is 18.4. The summed E-state index contributed by atoms with van der Waals surface area (Å²) < 4.78 is 10.5. The lowest BCUT2D eigenvalue weighted by Crippen LogP contribution is -2.24. The Morgan fingerprint density at radius 2 is 1.64 bits per heavy atom. The van der Waals surface area contributed by atoms with Crippen molar-refractivity contribution in [2.45, 2.75) is 0 Å². The average Bonchev–Trinajstić information content (AvgIpc) is 2.55. The summed E-state index contributed by atoms with van der Waals surface area (Å²) in [6.07, 6.45) is 1.55. The van der Waals surface area contributed by atoms with Crippen LogP contribution in [0.1, 0.15) is 5.56 Å². The molecule has 0 aliphatic heterocycles. The van der Waals surface area contributed by atoms with Gasteiger partial charge in [0, 0.05) is 22.2 Å². The maximum atomic E-state index is 6.07. The van der Waals surface area contributed by atoms with Crippen molar-refractivity contribution in [2.75, 3.05) is 19.5 Å². The number of halogens is 3. The maximum Gasteiger partial charge on any atom is 0.191 e. The Kier molecular flexibility index (Phi) is 7.13. The molecule has 0 fully saturated rings. The van der Waals surface area contributed by atoms with Crippen molar-refractivity contribution in [1.82, 2.24) is 5.43 Å². The predicted octanol–water partition coefficient (Wildman–Crippen LogP) is 4.98. The third kappa shape index (κ3) is 5.64. The molecule has 0 bridgehead atoms. The van der Waals surface area contributed by atoms with Gasteiger partial charge in [-0.05, 0) is 36.0 Å². The first-order valence-electron chi connectivity index (χ1n) is 6.90. The summed E-state index contributed by atoms with van der Waals surface area (Å²) in [7, 11) is 3.05. The highest BCUT2D eigenvalue weighted by molar-refractivity contribution is 7.80. The highest BCUT2D eigenvalue weighted by Crippen LogP contribution is 2.35. The molecule has 0 atom stereocenters.